The van der Waals surface area contributed by atoms with Gasteiger partial charge in [-0.25, -0.2) is 0 Å². The van der Waals surface area contributed by atoms with Crippen molar-refractivity contribution in [1.29, 1.82) is 0 Å². The summed E-state index contributed by atoms with van der Waals surface area (Å²) in [4.78, 5) is 4.94. The van der Waals surface area contributed by atoms with Crippen molar-refractivity contribution in [2.75, 3.05) is 9.80 Å². The molecule has 13 rings (SSSR count). The molecule has 12 aromatic rings. The molecule has 0 bridgehead atoms. The van der Waals surface area contributed by atoms with Crippen molar-refractivity contribution in [2.24, 2.45) is 0 Å². The summed E-state index contributed by atoms with van der Waals surface area (Å²) in [5.74, 6) is 0. The predicted molar refractivity (Wildman–Crippen MR) is 293 cm³/mol. The first-order valence-electron chi connectivity index (χ1n) is 24.1. The zero-order valence-electron chi connectivity index (χ0n) is 38.5. The largest absolute Gasteiger partial charge is 0.310 e. The van der Waals surface area contributed by atoms with E-state index in [1.54, 1.807) is 0 Å². The van der Waals surface area contributed by atoms with Gasteiger partial charge in [-0.1, -0.05) is 212 Å². The molecular formula is C67H47N3. The summed E-state index contributed by atoms with van der Waals surface area (Å²) < 4.78 is 2.45. The van der Waals surface area contributed by atoms with Crippen LogP contribution in [-0.2, 0) is 5.41 Å². The molecule has 3 nitrogen and oxygen atoms in total. The van der Waals surface area contributed by atoms with E-state index in [0.717, 1.165) is 62.0 Å². The fraction of sp³-hybridized carbons (Fsp3) is 0.0149. The second-order valence-electron chi connectivity index (χ2n) is 18.0. The van der Waals surface area contributed by atoms with Crippen LogP contribution in [-0.4, -0.2) is 4.57 Å². The lowest BCUT2D eigenvalue weighted by Crippen LogP contribution is -2.28. The molecule has 0 N–H and O–H groups in total. The molecular weight excluding hydrogens is 847 g/mol. The Hall–Kier alpha value is -9.18. The van der Waals surface area contributed by atoms with Crippen LogP contribution in [0.3, 0.4) is 0 Å². The maximum atomic E-state index is 2.51. The zero-order chi connectivity index (χ0) is 46.4. The minimum Gasteiger partial charge on any atom is -0.310 e. The molecule has 0 aliphatic heterocycles. The first-order valence-corrected chi connectivity index (χ1v) is 24.1. The van der Waals surface area contributed by atoms with Crippen LogP contribution in [0.4, 0.5) is 34.1 Å². The molecule has 330 valence electrons. The Morgan fingerprint density at radius 3 is 1.46 bits per heavy atom. The van der Waals surface area contributed by atoms with E-state index in [2.05, 4.69) is 299 Å². The molecule has 1 aliphatic rings. The van der Waals surface area contributed by atoms with Crippen LogP contribution in [0.15, 0.2) is 285 Å². The van der Waals surface area contributed by atoms with Crippen molar-refractivity contribution in [3.63, 3.8) is 0 Å². The van der Waals surface area contributed by atoms with Crippen molar-refractivity contribution < 1.29 is 0 Å². The van der Waals surface area contributed by atoms with Gasteiger partial charge in [0.05, 0.1) is 33.5 Å². The van der Waals surface area contributed by atoms with Gasteiger partial charge in [0.1, 0.15) is 0 Å². The molecule has 0 atom stereocenters. The van der Waals surface area contributed by atoms with E-state index in [1.165, 1.54) is 44.2 Å². The van der Waals surface area contributed by atoms with Gasteiger partial charge in [0, 0.05) is 39.1 Å². The van der Waals surface area contributed by atoms with E-state index in [4.69, 9.17) is 0 Å². The molecule has 70 heavy (non-hydrogen) atoms. The summed E-state index contributed by atoms with van der Waals surface area (Å²) in [6.07, 6.45) is 0. The van der Waals surface area contributed by atoms with Gasteiger partial charge < -0.3 is 14.4 Å². The summed E-state index contributed by atoms with van der Waals surface area (Å²) in [6, 6.07) is 104. The molecule has 0 saturated heterocycles. The lowest BCUT2D eigenvalue weighted by Gasteiger charge is -2.35. The number of rotatable bonds is 10. The second-order valence-corrected chi connectivity index (χ2v) is 18.0. The number of fused-ring (bicyclic) bond motifs is 6. The molecule has 0 spiro atoms. The maximum absolute atomic E-state index is 2.51. The summed E-state index contributed by atoms with van der Waals surface area (Å²) >= 11 is 0. The van der Waals surface area contributed by atoms with Gasteiger partial charge in [0.25, 0.3) is 0 Å². The van der Waals surface area contributed by atoms with Crippen LogP contribution >= 0.6 is 0 Å². The fourth-order valence-electron chi connectivity index (χ4n) is 11.3. The highest BCUT2D eigenvalue weighted by Crippen LogP contribution is 2.58. The van der Waals surface area contributed by atoms with Crippen molar-refractivity contribution in [1.82, 2.24) is 4.57 Å². The number of benzene rings is 11. The number of aromatic nitrogens is 1. The monoisotopic (exact) mass is 893 g/mol. The fourth-order valence-corrected chi connectivity index (χ4v) is 11.3. The molecule has 1 heterocycles. The number of nitrogens with zero attached hydrogens (tertiary/aromatic N) is 3. The Labute approximate surface area is 409 Å². The highest BCUT2D eigenvalue weighted by Gasteiger charge is 2.46. The van der Waals surface area contributed by atoms with Gasteiger partial charge in [0.2, 0.25) is 0 Å². The molecule has 0 unspecified atom stereocenters. The number of hydrogen-bond donors (Lipinski definition) is 0. The minimum absolute atomic E-state index is 0.582. The smallest absolute Gasteiger partial charge is 0.0714 e. The maximum Gasteiger partial charge on any atom is 0.0714 e. The van der Waals surface area contributed by atoms with E-state index < -0.39 is 5.41 Å². The summed E-state index contributed by atoms with van der Waals surface area (Å²) in [6.45, 7) is 0. The summed E-state index contributed by atoms with van der Waals surface area (Å²) in [5.41, 5.74) is 18.9. The predicted octanol–water partition coefficient (Wildman–Crippen LogP) is 17.8. The highest BCUT2D eigenvalue weighted by atomic mass is 15.2. The first-order chi connectivity index (χ1) is 34.8. The lowest BCUT2D eigenvalue weighted by molar-refractivity contribution is 0.768. The zero-order valence-corrected chi connectivity index (χ0v) is 38.5. The Balaban J connectivity index is 1.17. The topological polar surface area (TPSA) is 11.4 Å². The van der Waals surface area contributed by atoms with Crippen LogP contribution in [0.25, 0.3) is 49.7 Å². The van der Waals surface area contributed by atoms with Crippen molar-refractivity contribution in [2.45, 2.75) is 5.41 Å². The molecule has 1 aromatic heterocycles. The number of hydrogen-bond acceptors (Lipinski definition) is 2. The first kappa shape index (κ1) is 41.0. The van der Waals surface area contributed by atoms with Crippen molar-refractivity contribution in [3.8, 4) is 27.9 Å². The van der Waals surface area contributed by atoms with Gasteiger partial charge in [-0.15, -0.1) is 0 Å². The third kappa shape index (κ3) is 6.58. The molecule has 1 aliphatic carbocycles. The van der Waals surface area contributed by atoms with Crippen molar-refractivity contribution in [3.05, 3.63) is 307 Å². The van der Waals surface area contributed by atoms with Crippen molar-refractivity contribution >= 4 is 55.9 Å². The third-order valence-electron chi connectivity index (χ3n) is 14.2. The standard InChI is InChI=1S/C67H47N3/c1-7-25-48(26-8-1)56-37-20-23-41-62(56)69(54-43-44-58-57-38-19-22-40-60(57)67(61(58)45-54,49-27-9-2-10-28-49)50-29-11-3-12-30-50)55-46-64(68(51-31-13-4-14-32-51)52-33-15-5-16-34-52)66-59-39-21-24-42-63(59)70(65(66)47-55)53-35-17-6-18-36-53/h1-47H. The van der Waals surface area contributed by atoms with E-state index in [0.29, 0.717) is 0 Å². The Kier molecular flexibility index (Phi) is 10.1. The molecule has 0 saturated carbocycles. The Morgan fingerprint density at radius 1 is 0.300 bits per heavy atom. The van der Waals surface area contributed by atoms with Gasteiger partial charge >= 0.3 is 0 Å². The van der Waals surface area contributed by atoms with E-state index in [9.17, 15) is 0 Å². The van der Waals surface area contributed by atoms with Crippen LogP contribution in [0, 0.1) is 0 Å². The highest BCUT2D eigenvalue weighted by molar-refractivity contribution is 6.18. The molecule has 0 amide bonds. The van der Waals surface area contributed by atoms with Crippen LogP contribution in [0.1, 0.15) is 22.3 Å². The minimum atomic E-state index is -0.582. The van der Waals surface area contributed by atoms with E-state index in [-0.39, 0.29) is 0 Å². The quantitative estimate of drug-likeness (QED) is 0.136. The van der Waals surface area contributed by atoms with Crippen LogP contribution in [0.2, 0.25) is 0 Å². The van der Waals surface area contributed by atoms with E-state index in [1.807, 2.05) is 0 Å². The second kappa shape index (κ2) is 17.2. The lowest BCUT2D eigenvalue weighted by atomic mass is 9.67. The van der Waals surface area contributed by atoms with Gasteiger partial charge in [-0.2, -0.15) is 0 Å². The Bertz CT molecular complexity index is 3730. The number of para-hydroxylation sites is 5. The SMILES string of the molecule is c1ccc(-c2ccccc2N(c2ccc3c(c2)C(c2ccccc2)(c2ccccc2)c2ccccc2-3)c2cc(N(c3ccccc3)c3ccccc3)c3c4ccccc4n(-c4ccccc4)c3c2)cc1. The molecule has 0 fully saturated rings. The Morgan fingerprint density at radius 2 is 0.800 bits per heavy atom. The molecule has 3 heteroatoms. The van der Waals surface area contributed by atoms with Crippen LogP contribution < -0.4 is 9.80 Å². The third-order valence-corrected chi connectivity index (χ3v) is 14.2. The normalized spacial score (nSPS) is 12.4. The number of anilines is 6. The van der Waals surface area contributed by atoms with Crippen LogP contribution in [0.5, 0.6) is 0 Å². The van der Waals surface area contributed by atoms with Gasteiger partial charge in [-0.3, -0.25) is 0 Å². The average Bonchev–Trinajstić information content (AvgIpc) is 3.93. The summed E-state index contributed by atoms with van der Waals surface area (Å²) in [7, 11) is 0. The van der Waals surface area contributed by atoms with Gasteiger partial charge in [-0.05, 0) is 112 Å². The molecule has 11 aromatic carbocycles. The summed E-state index contributed by atoms with van der Waals surface area (Å²) in [5, 5.41) is 2.35. The average molecular weight is 894 g/mol. The van der Waals surface area contributed by atoms with Gasteiger partial charge in [0.15, 0.2) is 0 Å². The van der Waals surface area contributed by atoms with E-state index >= 15 is 0 Å². The molecule has 0 radical (unpaired) electrons.